The topological polar surface area (TPSA) is 202 Å². The van der Waals surface area contributed by atoms with Crippen molar-refractivity contribution in [1.29, 1.82) is 0 Å². The van der Waals surface area contributed by atoms with Crippen molar-refractivity contribution >= 4 is 35.2 Å². The highest BCUT2D eigenvalue weighted by atomic mass is 19.1. The number of nitrogens with zero attached hydrogens (tertiary/aromatic N) is 3. The first-order valence-electron chi connectivity index (χ1n) is 25.6. The number of carbonyl (C=O) groups excluding carboxylic acids is 5. The van der Waals surface area contributed by atoms with E-state index in [2.05, 4.69) is 61.0 Å². The number of nitrogens with two attached hydrogens (primary N) is 1. The maximum Gasteiger partial charge on any atom is 0.255 e. The Kier molecular flexibility index (Phi) is 17.2. The summed E-state index contributed by atoms with van der Waals surface area (Å²) < 4.78 is 33.6. The lowest BCUT2D eigenvalue weighted by atomic mass is 9.73. The molecule has 2 aromatic rings. The number of imide groups is 1. The minimum Gasteiger partial charge on any atom is -0.385 e. The summed E-state index contributed by atoms with van der Waals surface area (Å²) in [6, 6.07) is 8.13. The number of amides is 5. The van der Waals surface area contributed by atoms with Crippen molar-refractivity contribution in [2.45, 2.75) is 121 Å². The molecule has 5 amide bonds. The first-order chi connectivity index (χ1) is 33.8. The van der Waals surface area contributed by atoms with Crippen LogP contribution in [0.5, 0.6) is 0 Å². The molecule has 8 rings (SSSR count). The molecule has 6 aliphatic rings. The van der Waals surface area contributed by atoms with E-state index in [1.165, 1.54) is 12.1 Å². The van der Waals surface area contributed by atoms with E-state index in [1.807, 2.05) is 19.1 Å². The Morgan fingerprint density at radius 3 is 2.40 bits per heavy atom. The molecule has 0 radical (unpaired) electrons. The van der Waals surface area contributed by atoms with Gasteiger partial charge in [0.1, 0.15) is 17.7 Å². The third kappa shape index (κ3) is 12.7. The predicted molar refractivity (Wildman–Crippen MR) is 261 cm³/mol. The number of piperidine rings is 1. The second kappa shape index (κ2) is 23.7. The molecule has 16 nitrogen and oxygen atoms in total. The van der Waals surface area contributed by atoms with Gasteiger partial charge in [0.05, 0.1) is 18.5 Å². The van der Waals surface area contributed by atoms with Crippen LogP contribution in [0, 0.1) is 29.4 Å². The number of anilines is 1. The molecule has 70 heavy (non-hydrogen) atoms. The standard InChI is InChI=1S/C52H72F2N10O6/c1-32-24-42(55)45(28-35(32)25-34-26-36(53)29-37(54)27-34)60-61-50(67)40-11-10-39(30-44(40)58-38-14-22-70-23-15-38)63-20-18-62(19-21-63)31-48(66)57-17-6-4-3-5-16-56-43-9-7-8-41-49(43)33(2)64(52(41)69)46-12-13-47(65)59-51(46)68/h7-10,26-27,29-30,32-33,35,38,40,42,45-46,56,58,60H,3-6,11-25,28,31,55H2,1-2H3,(H,57,66)(H,61,67)(H,59,65,68). The smallest absolute Gasteiger partial charge is 0.255 e. The highest BCUT2D eigenvalue weighted by Gasteiger charge is 2.44. The summed E-state index contributed by atoms with van der Waals surface area (Å²) in [5.74, 6) is -2.24. The van der Waals surface area contributed by atoms with Gasteiger partial charge in [0.2, 0.25) is 23.6 Å². The van der Waals surface area contributed by atoms with Gasteiger partial charge in [-0.05, 0) is 112 Å². The van der Waals surface area contributed by atoms with Crippen LogP contribution in [0.4, 0.5) is 14.5 Å². The largest absolute Gasteiger partial charge is 0.385 e. The molecule has 3 saturated heterocycles. The van der Waals surface area contributed by atoms with Crippen LogP contribution in [-0.2, 0) is 30.3 Å². The van der Waals surface area contributed by atoms with Gasteiger partial charge in [-0.1, -0.05) is 31.9 Å². The summed E-state index contributed by atoms with van der Waals surface area (Å²) in [4.78, 5) is 70.7. The van der Waals surface area contributed by atoms with Crippen LogP contribution in [0.1, 0.15) is 112 Å². The molecule has 1 saturated carbocycles. The Morgan fingerprint density at radius 2 is 1.66 bits per heavy atom. The average Bonchev–Trinajstić information content (AvgIpc) is 3.59. The molecule has 0 bridgehead atoms. The number of nitrogens with one attached hydrogen (secondary N) is 6. The maximum absolute atomic E-state index is 14.0. The van der Waals surface area contributed by atoms with Crippen molar-refractivity contribution in [2.75, 3.05) is 64.3 Å². The van der Waals surface area contributed by atoms with E-state index < -0.39 is 29.5 Å². The average molecular weight is 971 g/mol. The number of ether oxygens (including phenoxy) is 1. The summed E-state index contributed by atoms with van der Waals surface area (Å²) in [5.41, 5.74) is 17.8. The molecular formula is C52H72F2N10O6. The fourth-order valence-corrected chi connectivity index (χ4v) is 11.3. The highest BCUT2D eigenvalue weighted by Crippen LogP contribution is 2.41. The number of rotatable bonds is 19. The third-order valence-electron chi connectivity index (χ3n) is 15.3. The van der Waals surface area contributed by atoms with E-state index in [4.69, 9.17) is 10.5 Å². The van der Waals surface area contributed by atoms with Crippen molar-refractivity contribution < 1.29 is 37.5 Å². The number of hydrazine groups is 1. The second-order valence-corrected chi connectivity index (χ2v) is 20.2. The lowest BCUT2D eigenvalue weighted by molar-refractivity contribution is -0.137. The van der Waals surface area contributed by atoms with Crippen molar-refractivity contribution in [3.63, 3.8) is 0 Å². The molecule has 8 N–H and O–H groups in total. The van der Waals surface area contributed by atoms with Crippen LogP contribution < -0.4 is 37.9 Å². The molecule has 4 fully saturated rings. The molecule has 4 aliphatic heterocycles. The zero-order chi connectivity index (χ0) is 49.3. The monoisotopic (exact) mass is 971 g/mol. The fraction of sp³-hybridized carbons (Fsp3) is 0.596. The summed E-state index contributed by atoms with van der Waals surface area (Å²) in [6.07, 6.45) is 12.7. The zero-order valence-corrected chi connectivity index (χ0v) is 40.7. The second-order valence-electron chi connectivity index (χ2n) is 20.2. The third-order valence-corrected chi connectivity index (χ3v) is 15.3. The number of halogens is 2. The van der Waals surface area contributed by atoms with Gasteiger partial charge < -0.3 is 36.2 Å². The van der Waals surface area contributed by atoms with Crippen LogP contribution in [0.25, 0.3) is 0 Å². The first-order valence-corrected chi connectivity index (χ1v) is 25.6. The number of allylic oxidation sites excluding steroid dienone is 2. The number of piperazine rings is 1. The molecule has 18 heteroatoms. The molecule has 4 heterocycles. The lowest BCUT2D eigenvalue weighted by Crippen LogP contribution is -2.58. The van der Waals surface area contributed by atoms with Gasteiger partial charge in [-0.2, -0.15) is 0 Å². The number of fused-ring (bicyclic) bond motifs is 1. The number of hydrogen-bond donors (Lipinski definition) is 7. The van der Waals surface area contributed by atoms with E-state index in [0.717, 1.165) is 106 Å². The Balaban J connectivity index is 0.739. The van der Waals surface area contributed by atoms with E-state index in [-0.39, 0.29) is 66.1 Å². The van der Waals surface area contributed by atoms with E-state index in [9.17, 15) is 32.8 Å². The van der Waals surface area contributed by atoms with Crippen LogP contribution in [0.3, 0.4) is 0 Å². The summed E-state index contributed by atoms with van der Waals surface area (Å²) in [7, 11) is 0. The molecule has 7 atom stereocenters. The molecule has 0 aromatic heterocycles. The Bertz CT molecular complexity index is 2260. The maximum atomic E-state index is 14.0. The van der Waals surface area contributed by atoms with Crippen molar-refractivity contribution in [3.8, 4) is 0 Å². The summed E-state index contributed by atoms with van der Waals surface area (Å²) >= 11 is 0. The van der Waals surface area contributed by atoms with Gasteiger partial charge in [-0.15, -0.1) is 0 Å². The molecule has 0 spiro atoms. The van der Waals surface area contributed by atoms with Crippen LogP contribution in [0.15, 0.2) is 59.9 Å². The Hall–Kier alpha value is -5.43. The van der Waals surface area contributed by atoms with Gasteiger partial charge in [-0.25, -0.2) is 14.2 Å². The molecular weight excluding hydrogens is 899 g/mol. The summed E-state index contributed by atoms with van der Waals surface area (Å²) in [6.45, 7) is 10.1. The van der Waals surface area contributed by atoms with Gasteiger partial charge in [0, 0.05) is 111 Å². The van der Waals surface area contributed by atoms with Crippen molar-refractivity contribution in [3.05, 3.63) is 88.3 Å². The predicted octanol–water partition coefficient (Wildman–Crippen LogP) is 4.15. The van der Waals surface area contributed by atoms with Gasteiger partial charge in [0.15, 0.2) is 0 Å². The van der Waals surface area contributed by atoms with Crippen molar-refractivity contribution in [2.24, 2.45) is 23.5 Å². The minimum atomic E-state index is -0.664. The Morgan fingerprint density at radius 1 is 0.914 bits per heavy atom. The van der Waals surface area contributed by atoms with Gasteiger partial charge in [-0.3, -0.25) is 39.6 Å². The highest BCUT2D eigenvalue weighted by molar-refractivity contribution is 6.06. The quantitative estimate of drug-likeness (QED) is 0.0604. The number of hydrogen-bond acceptors (Lipinski definition) is 12. The number of benzene rings is 2. The number of unbranched alkanes of at least 4 members (excludes halogenated alkanes) is 3. The minimum absolute atomic E-state index is 0.0199. The van der Waals surface area contributed by atoms with Crippen LogP contribution in [0.2, 0.25) is 0 Å². The number of carbonyl (C=O) groups is 5. The van der Waals surface area contributed by atoms with Crippen LogP contribution in [-0.4, -0.2) is 127 Å². The van der Waals surface area contributed by atoms with E-state index >= 15 is 0 Å². The molecule has 2 aliphatic carbocycles. The molecule has 7 unspecified atom stereocenters. The van der Waals surface area contributed by atoms with Crippen molar-refractivity contribution in [1.82, 2.24) is 41.5 Å². The summed E-state index contributed by atoms with van der Waals surface area (Å²) in [5, 5.41) is 12.7. The Labute approximate surface area is 410 Å². The van der Waals surface area contributed by atoms with Gasteiger partial charge >= 0.3 is 0 Å². The van der Waals surface area contributed by atoms with E-state index in [1.54, 1.807) is 11.0 Å². The lowest BCUT2D eigenvalue weighted by Gasteiger charge is -2.40. The van der Waals surface area contributed by atoms with Crippen LogP contribution >= 0.6 is 0 Å². The normalized spacial score (nSPS) is 26.5. The van der Waals surface area contributed by atoms with Gasteiger partial charge in [0.25, 0.3) is 5.91 Å². The SMILES string of the molecule is CC1CC(N)C(NNC(=O)C2CC=C(N3CCN(CC(=O)NCCCCCCNc4cccc5c4C(C)N(C4CCC(=O)NC4=O)C5=O)CC3)C=C2NC2CCOCC2)CC1Cc1cc(F)cc(F)c1. The van der Waals surface area contributed by atoms with E-state index in [0.29, 0.717) is 63.1 Å². The zero-order valence-electron chi connectivity index (χ0n) is 40.7. The molecule has 380 valence electrons. The fourth-order valence-electron chi connectivity index (χ4n) is 11.3. The first kappa shape index (κ1) is 50.9. The molecule has 2 aromatic carbocycles.